The highest BCUT2D eigenvalue weighted by atomic mass is 16.5. The van der Waals surface area contributed by atoms with E-state index < -0.39 is 0 Å². The molecule has 90 valence electrons. The zero-order valence-corrected chi connectivity index (χ0v) is 10.1. The largest absolute Gasteiger partial charge is 0.394 e. The van der Waals surface area contributed by atoms with E-state index in [2.05, 4.69) is 24.1 Å². The predicted octanol–water partition coefficient (Wildman–Crippen LogP) is 0.0676. The maximum absolute atomic E-state index is 9.49. The highest BCUT2D eigenvalue weighted by Gasteiger charge is 2.37. The van der Waals surface area contributed by atoms with Crippen LogP contribution in [-0.4, -0.2) is 61.5 Å². The van der Waals surface area contributed by atoms with Crippen molar-refractivity contribution < 1.29 is 9.84 Å². The second kappa shape index (κ2) is 5.80. The first-order valence-electron chi connectivity index (χ1n) is 5.72. The van der Waals surface area contributed by atoms with Crippen LogP contribution in [-0.2, 0) is 4.74 Å². The Balaban J connectivity index is 2.41. The van der Waals surface area contributed by atoms with Crippen molar-refractivity contribution in [1.29, 1.82) is 0 Å². The van der Waals surface area contributed by atoms with Crippen LogP contribution in [0.15, 0.2) is 0 Å². The number of nitrogens with one attached hydrogen (secondary N) is 1. The van der Waals surface area contributed by atoms with Gasteiger partial charge in [0.1, 0.15) is 0 Å². The summed E-state index contributed by atoms with van der Waals surface area (Å²) in [4.78, 5) is 2.40. The molecule has 0 bridgehead atoms. The van der Waals surface area contributed by atoms with Crippen molar-refractivity contribution in [3.63, 3.8) is 0 Å². The zero-order valence-electron chi connectivity index (χ0n) is 10.1. The molecule has 0 radical (unpaired) electrons. The van der Waals surface area contributed by atoms with Gasteiger partial charge in [0.15, 0.2) is 0 Å². The Morgan fingerprint density at radius 1 is 1.53 bits per heavy atom. The van der Waals surface area contributed by atoms with Crippen LogP contribution in [0.25, 0.3) is 0 Å². The number of aliphatic hydroxyl groups is 1. The van der Waals surface area contributed by atoms with Crippen molar-refractivity contribution >= 4 is 0 Å². The zero-order chi connectivity index (χ0) is 11.3. The van der Waals surface area contributed by atoms with Gasteiger partial charge < -0.3 is 15.2 Å². The number of methoxy groups -OCH3 is 1. The molecule has 0 aromatic rings. The van der Waals surface area contributed by atoms with E-state index in [1.54, 1.807) is 7.11 Å². The van der Waals surface area contributed by atoms with Crippen molar-refractivity contribution in [2.75, 3.05) is 40.0 Å². The molecule has 0 spiro atoms. The van der Waals surface area contributed by atoms with E-state index in [-0.39, 0.29) is 12.1 Å². The maximum atomic E-state index is 9.49. The fourth-order valence-electron chi connectivity index (χ4n) is 2.09. The third-order valence-corrected chi connectivity index (χ3v) is 3.22. The monoisotopic (exact) mass is 216 g/mol. The Bertz CT molecular complexity index is 187. The number of hydrogen-bond acceptors (Lipinski definition) is 4. The number of aliphatic hydroxyl groups excluding tert-OH is 1. The fraction of sp³-hybridized carbons (Fsp3) is 1.00. The average Bonchev–Trinajstić information content (AvgIpc) is 2.64. The molecule has 4 heteroatoms. The SMILES string of the molecule is COCCNC1(CO)CCN(C(C)C)C1. The molecule has 1 saturated heterocycles. The Morgan fingerprint density at radius 2 is 2.27 bits per heavy atom. The van der Waals surface area contributed by atoms with E-state index in [0.717, 1.165) is 26.1 Å². The lowest BCUT2D eigenvalue weighted by Crippen LogP contribution is -2.52. The minimum atomic E-state index is -0.108. The Labute approximate surface area is 92.6 Å². The first-order chi connectivity index (χ1) is 7.13. The van der Waals surface area contributed by atoms with Crippen molar-refractivity contribution in [2.45, 2.75) is 31.8 Å². The molecule has 2 N–H and O–H groups in total. The summed E-state index contributed by atoms with van der Waals surface area (Å²) in [5.41, 5.74) is -0.108. The lowest BCUT2D eigenvalue weighted by Gasteiger charge is -2.29. The topological polar surface area (TPSA) is 44.7 Å². The molecule has 15 heavy (non-hydrogen) atoms. The average molecular weight is 216 g/mol. The number of rotatable bonds is 6. The second-order valence-corrected chi connectivity index (χ2v) is 4.67. The molecule has 1 unspecified atom stereocenters. The van der Waals surface area contributed by atoms with Gasteiger partial charge in [-0.3, -0.25) is 4.90 Å². The minimum Gasteiger partial charge on any atom is -0.394 e. The van der Waals surface area contributed by atoms with Gasteiger partial charge in [-0.1, -0.05) is 0 Å². The second-order valence-electron chi connectivity index (χ2n) is 4.67. The van der Waals surface area contributed by atoms with E-state index in [1.165, 1.54) is 0 Å². The van der Waals surface area contributed by atoms with Crippen LogP contribution in [0.2, 0.25) is 0 Å². The van der Waals surface area contributed by atoms with Crippen LogP contribution in [0, 0.1) is 0 Å². The summed E-state index contributed by atoms with van der Waals surface area (Å²) in [6.45, 7) is 8.11. The number of likely N-dealkylation sites (tertiary alicyclic amines) is 1. The molecular weight excluding hydrogens is 192 g/mol. The fourth-order valence-corrected chi connectivity index (χ4v) is 2.09. The molecular formula is C11H24N2O2. The highest BCUT2D eigenvalue weighted by Crippen LogP contribution is 2.22. The van der Waals surface area contributed by atoms with E-state index in [0.29, 0.717) is 12.6 Å². The molecule has 4 nitrogen and oxygen atoms in total. The van der Waals surface area contributed by atoms with Gasteiger partial charge in [0.25, 0.3) is 0 Å². The molecule has 1 fully saturated rings. The lowest BCUT2D eigenvalue weighted by molar-refractivity contribution is 0.134. The first kappa shape index (κ1) is 12.9. The lowest BCUT2D eigenvalue weighted by atomic mass is 10.00. The van der Waals surface area contributed by atoms with Crippen molar-refractivity contribution in [3.8, 4) is 0 Å². The Hall–Kier alpha value is -0.160. The van der Waals surface area contributed by atoms with E-state index in [9.17, 15) is 5.11 Å². The molecule has 0 aliphatic carbocycles. The maximum Gasteiger partial charge on any atom is 0.0626 e. The van der Waals surface area contributed by atoms with Gasteiger partial charge in [0.05, 0.1) is 18.8 Å². The minimum absolute atomic E-state index is 0.108. The summed E-state index contributed by atoms with van der Waals surface area (Å²) in [6, 6.07) is 0.558. The van der Waals surface area contributed by atoms with E-state index in [4.69, 9.17) is 4.74 Å². The van der Waals surface area contributed by atoms with Crippen molar-refractivity contribution in [1.82, 2.24) is 10.2 Å². The summed E-state index contributed by atoms with van der Waals surface area (Å²) in [7, 11) is 1.70. The Morgan fingerprint density at radius 3 is 2.73 bits per heavy atom. The van der Waals surface area contributed by atoms with Crippen LogP contribution < -0.4 is 5.32 Å². The summed E-state index contributed by atoms with van der Waals surface area (Å²) in [6.07, 6.45) is 1.02. The third-order valence-electron chi connectivity index (χ3n) is 3.22. The number of nitrogens with zero attached hydrogens (tertiary/aromatic N) is 1. The quantitative estimate of drug-likeness (QED) is 0.617. The molecule has 1 aliphatic heterocycles. The predicted molar refractivity (Wildman–Crippen MR) is 61.0 cm³/mol. The standard InChI is InChI=1S/C11H24N2O2/c1-10(2)13-6-4-11(8-13,9-14)12-5-7-15-3/h10,12,14H,4-9H2,1-3H3. The molecule has 0 amide bonds. The van der Waals surface area contributed by atoms with Gasteiger partial charge in [-0.05, 0) is 20.3 Å². The van der Waals surface area contributed by atoms with Crippen LogP contribution >= 0.6 is 0 Å². The Kier molecular flexibility index (Phi) is 4.99. The van der Waals surface area contributed by atoms with Gasteiger partial charge >= 0.3 is 0 Å². The van der Waals surface area contributed by atoms with Gasteiger partial charge in [-0.15, -0.1) is 0 Å². The van der Waals surface area contributed by atoms with Crippen molar-refractivity contribution in [3.05, 3.63) is 0 Å². The normalized spacial score (nSPS) is 27.8. The molecule has 0 aromatic heterocycles. The van der Waals surface area contributed by atoms with Gasteiger partial charge in [-0.2, -0.15) is 0 Å². The number of hydrogen-bond donors (Lipinski definition) is 2. The van der Waals surface area contributed by atoms with Gasteiger partial charge in [-0.25, -0.2) is 0 Å². The summed E-state index contributed by atoms with van der Waals surface area (Å²) in [5.74, 6) is 0. The van der Waals surface area contributed by atoms with E-state index in [1.807, 2.05) is 0 Å². The van der Waals surface area contributed by atoms with Crippen LogP contribution in [0.5, 0.6) is 0 Å². The first-order valence-corrected chi connectivity index (χ1v) is 5.72. The molecule has 1 heterocycles. The smallest absolute Gasteiger partial charge is 0.0626 e. The molecule has 1 atom stereocenters. The van der Waals surface area contributed by atoms with Crippen LogP contribution in [0.4, 0.5) is 0 Å². The van der Waals surface area contributed by atoms with Crippen LogP contribution in [0.1, 0.15) is 20.3 Å². The van der Waals surface area contributed by atoms with Crippen LogP contribution in [0.3, 0.4) is 0 Å². The van der Waals surface area contributed by atoms with Gasteiger partial charge in [0, 0.05) is 32.8 Å². The highest BCUT2D eigenvalue weighted by molar-refractivity contribution is 4.97. The summed E-state index contributed by atoms with van der Waals surface area (Å²) < 4.78 is 5.01. The molecule has 1 rings (SSSR count). The van der Waals surface area contributed by atoms with Gasteiger partial charge in [0.2, 0.25) is 0 Å². The number of ether oxygens (including phenoxy) is 1. The molecule has 0 aromatic carbocycles. The van der Waals surface area contributed by atoms with E-state index >= 15 is 0 Å². The molecule has 0 saturated carbocycles. The third kappa shape index (κ3) is 3.41. The summed E-state index contributed by atoms with van der Waals surface area (Å²) in [5, 5.41) is 12.9. The summed E-state index contributed by atoms with van der Waals surface area (Å²) >= 11 is 0. The molecule has 1 aliphatic rings. The van der Waals surface area contributed by atoms with Crippen molar-refractivity contribution in [2.24, 2.45) is 0 Å².